The third-order valence-corrected chi connectivity index (χ3v) is 3.89. The quantitative estimate of drug-likeness (QED) is 0.813. The molecule has 23 heavy (non-hydrogen) atoms. The maximum Gasteiger partial charge on any atom is 0.314 e. The lowest BCUT2D eigenvalue weighted by Gasteiger charge is -2.13. The molecule has 0 radical (unpaired) electrons. The number of benzene rings is 2. The van der Waals surface area contributed by atoms with Crippen LogP contribution in [0.2, 0.25) is 5.02 Å². The number of aryl methyl sites for hydroxylation is 4. The van der Waals surface area contributed by atoms with Gasteiger partial charge in [0.1, 0.15) is 0 Å². The Morgan fingerprint density at radius 3 is 1.87 bits per heavy atom. The predicted octanol–water partition coefficient (Wildman–Crippen LogP) is 4.15. The summed E-state index contributed by atoms with van der Waals surface area (Å²) in [5, 5.41) is 5.65. The molecule has 120 valence electrons. The number of rotatable bonds is 2. The first-order valence-corrected chi connectivity index (χ1v) is 7.62. The van der Waals surface area contributed by atoms with Crippen molar-refractivity contribution in [3.05, 3.63) is 57.6 Å². The van der Waals surface area contributed by atoms with Crippen molar-refractivity contribution in [2.24, 2.45) is 0 Å². The Labute approximate surface area is 140 Å². The standard InChI is InChI=1S/C18H19ClN2O2/c1-10-8-13(4)16(14(19)9-10)21-18(23)17(22)20-15-11(2)6-5-7-12(15)3/h5-9H,1-4H3,(H,20,22)(H,21,23). The van der Waals surface area contributed by atoms with Crippen molar-refractivity contribution in [3.63, 3.8) is 0 Å². The molecule has 0 aliphatic heterocycles. The van der Waals surface area contributed by atoms with Gasteiger partial charge in [0, 0.05) is 5.69 Å². The Morgan fingerprint density at radius 2 is 1.35 bits per heavy atom. The van der Waals surface area contributed by atoms with Crippen LogP contribution in [0, 0.1) is 27.7 Å². The highest BCUT2D eigenvalue weighted by molar-refractivity contribution is 6.45. The fourth-order valence-corrected chi connectivity index (χ4v) is 2.79. The normalized spacial score (nSPS) is 10.3. The average molecular weight is 331 g/mol. The van der Waals surface area contributed by atoms with Crippen molar-refractivity contribution in [1.82, 2.24) is 0 Å². The van der Waals surface area contributed by atoms with E-state index in [2.05, 4.69) is 10.6 Å². The van der Waals surface area contributed by atoms with Gasteiger partial charge < -0.3 is 10.6 Å². The Morgan fingerprint density at radius 1 is 0.826 bits per heavy atom. The van der Waals surface area contributed by atoms with E-state index in [0.29, 0.717) is 16.4 Å². The number of halogens is 1. The van der Waals surface area contributed by atoms with Gasteiger partial charge in [-0.2, -0.15) is 0 Å². The molecule has 0 bridgehead atoms. The van der Waals surface area contributed by atoms with Crippen molar-refractivity contribution in [2.45, 2.75) is 27.7 Å². The van der Waals surface area contributed by atoms with E-state index >= 15 is 0 Å². The molecule has 2 N–H and O–H groups in total. The molecule has 2 rings (SSSR count). The summed E-state index contributed by atoms with van der Waals surface area (Å²) in [5.41, 5.74) is 4.71. The predicted molar refractivity (Wildman–Crippen MR) is 94.1 cm³/mol. The minimum absolute atomic E-state index is 0.413. The maximum atomic E-state index is 12.1. The molecule has 2 amide bonds. The van der Waals surface area contributed by atoms with Crippen LogP contribution in [0.5, 0.6) is 0 Å². The third kappa shape index (κ3) is 3.90. The van der Waals surface area contributed by atoms with Crippen LogP contribution < -0.4 is 10.6 Å². The van der Waals surface area contributed by atoms with E-state index < -0.39 is 11.8 Å². The summed E-state index contributed by atoms with van der Waals surface area (Å²) in [7, 11) is 0. The summed E-state index contributed by atoms with van der Waals surface area (Å²) in [6.07, 6.45) is 0. The molecule has 2 aromatic rings. The van der Waals surface area contributed by atoms with Crippen molar-refractivity contribution in [2.75, 3.05) is 10.6 Å². The molecule has 0 aliphatic carbocycles. The number of hydrogen-bond donors (Lipinski definition) is 2. The van der Waals surface area contributed by atoms with Gasteiger partial charge in [0.05, 0.1) is 10.7 Å². The van der Waals surface area contributed by atoms with Crippen LogP contribution in [-0.2, 0) is 9.59 Å². The van der Waals surface area contributed by atoms with E-state index in [4.69, 9.17) is 11.6 Å². The highest BCUT2D eigenvalue weighted by Crippen LogP contribution is 2.27. The van der Waals surface area contributed by atoms with E-state index in [-0.39, 0.29) is 0 Å². The van der Waals surface area contributed by atoms with Crippen molar-refractivity contribution in [3.8, 4) is 0 Å². The highest BCUT2D eigenvalue weighted by Gasteiger charge is 2.18. The first kappa shape index (κ1) is 17.0. The molecule has 4 nitrogen and oxygen atoms in total. The first-order chi connectivity index (χ1) is 10.8. The van der Waals surface area contributed by atoms with Crippen LogP contribution in [0.3, 0.4) is 0 Å². The lowest BCUT2D eigenvalue weighted by molar-refractivity contribution is -0.133. The van der Waals surface area contributed by atoms with Gasteiger partial charge in [0.15, 0.2) is 0 Å². The lowest BCUT2D eigenvalue weighted by atomic mass is 10.1. The van der Waals surface area contributed by atoms with Crippen LogP contribution in [-0.4, -0.2) is 11.8 Å². The largest absolute Gasteiger partial charge is 0.317 e. The number of para-hydroxylation sites is 1. The summed E-state index contributed by atoms with van der Waals surface area (Å²) >= 11 is 6.15. The molecule has 0 saturated heterocycles. The molecule has 0 spiro atoms. The molecule has 0 fully saturated rings. The first-order valence-electron chi connectivity index (χ1n) is 7.25. The van der Waals surface area contributed by atoms with Gasteiger partial charge in [0.25, 0.3) is 0 Å². The third-order valence-electron chi connectivity index (χ3n) is 3.60. The molecule has 5 heteroatoms. The zero-order valence-corrected chi connectivity index (χ0v) is 14.3. The fraction of sp³-hybridized carbons (Fsp3) is 0.222. The topological polar surface area (TPSA) is 58.2 Å². The zero-order valence-electron chi connectivity index (χ0n) is 13.6. The fourth-order valence-electron chi connectivity index (χ4n) is 2.43. The number of carbonyl (C=O) groups is 2. The maximum absolute atomic E-state index is 12.1. The van der Waals surface area contributed by atoms with E-state index in [0.717, 1.165) is 22.3 Å². The number of amides is 2. The van der Waals surface area contributed by atoms with Gasteiger partial charge in [-0.1, -0.05) is 35.9 Å². The molecule has 0 aromatic heterocycles. The molecule has 2 aromatic carbocycles. The summed E-state index contributed by atoms with van der Waals surface area (Å²) in [5.74, 6) is -1.47. The van der Waals surface area contributed by atoms with Crippen molar-refractivity contribution in [1.29, 1.82) is 0 Å². The van der Waals surface area contributed by atoms with Gasteiger partial charge >= 0.3 is 11.8 Å². The van der Waals surface area contributed by atoms with Gasteiger partial charge in [-0.25, -0.2) is 0 Å². The van der Waals surface area contributed by atoms with Crippen molar-refractivity contribution < 1.29 is 9.59 Å². The van der Waals surface area contributed by atoms with Gasteiger partial charge in [-0.15, -0.1) is 0 Å². The number of carbonyl (C=O) groups excluding carboxylic acids is 2. The minimum atomic E-state index is -0.749. The second kappa shape index (κ2) is 6.84. The number of hydrogen-bond acceptors (Lipinski definition) is 2. The van der Waals surface area contributed by atoms with Crippen LogP contribution in [0.1, 0.15) is 22.3 Å². The van der Waals surface area contributed by atoms with E-state index in [1.807, 2.05) is 52.0 Å². The highest BCUT2D eigenvalue weighted by atomic mass is 35.5. The molecular weight excluding hydrogens is 312 g/mol. The molecule has 0 aliphatic rings. The van der Waals surface area contributed by atoms with E-state index in [1.165, 1.54) is 0 Å². The molecular formula is C18H19ClN2O2. The van der Waals surface area contributed by atoms with Crippen molar-refractivity contribution >= 4 is 34.8 Å². The Kier molecular flexibility index (Phi) is 5.06. The lowest BCUT2D eigenvalue weighted by Crippen LogP contribution is -2.30. The average Bonchev–Trinajstić information content (AvgIpc) is 2.46. The van der Waals surface area contributed by atoms with Gasteiger partial charge in [-0.05, 0) is 56.0 Å². The van der Waals surface area contributed by atoms with Gasteiger partial charge in [0.2, 0.25) is 0 Å². The van der Waals surface area contributed by atoms with E-state index in [1.54, 1.807) is 6.07 Å². The summed E-state index contributed by atoms with van der Waals surface area (Å²) in [6.45, 7) is 7.50. The molecule has 0 saturated carbocycles. The Hall–Kier alpha value is -2.33. The SMILES string of the molecule is Cc1cc(C)c(NC(=O)C(=O)Nc2c(C)cccc2C)c(Cl)c1. The molecule has 0 unspecified atom stereocenters. The summed E-state index contributed by atoms with van der Waals surface area (Å²) in [4.78, 5) is 24.3. The zero-order chi connectivity index (χ0) is 17.1. The van der Waals surface area contributed by atoms with Crippen LogP contribution in [0.4, 0.5) is 11.4 Å². The molecule has 0 atom stereocenters. The number of nitrogens with one attached hydrogen (secondary N) is 2. The second-order valence-corrected chi connectivity index (χ2v) is 6.02. The van der Waals surface area contributed by atoms with Crippen LogP contribution in [0.15, 0.2) is 30.3 Å². The molecule has 0 heterocycles. The monoisotopic (exact) mass is 330 g/mol. The van der Waals surface area contributed by atoms with Crippen LogP contribution in [0.25, 0.3) is 0 Å². The number of anilines is 2. The summed E-state index contributed by atoms with van der Waals surface area (Å²) in [6, 6.07) is 9.29. The van der Waals surface area contributed by atoms with E-state index in [9.17, 15) is 9.59 Å². The van der Waals surface area contributed by atoms with Gasteiger partial charge in [-0.3, -0.25) is 9.59 Å². The second-order valence-electron chi connectivity index (χ2n) is 5.61. The minimum Gasteiger partial charge on any atom is -0.317 e. The van der Waals surface area contributed by atoms with Crippen LogP contribution >= 0.6 is 11.6 Å². The Balaban J connectivity index is 2.17. The Bertz CT molecular complexity index is 741. The smallest absolute Gasteiger partial charge is 0.314 e. The summed E-state index contributed by atoms with van der Waals surface area (Å²) < 4.78 is 0.